The highest BCUT2D eigenvalue weighted by atomic mass is 32.1. The minimum Gasteiger partial charge on any atom is -0.378 e. The molecule has 0 spiro atoms. The zero-order chi connectivity index (χ0) is 10.6. The Kier molecular flexibility index (Phi) is 3.86. The minimum absolute atomic E-state index is 0.407. The highest BCUT2D eigenvalue weighted by Crippen LogP contribution is 2.25. The van der Waals surface area contributed by atoms with Gasteiger partial charge in [0.1, 0.15) is 0 Å². The molecule has 1 heterocycles. The first-order chi connectivity index (χ1) is 6.69. The van der Waals surface area contributed by atoms with Crippen molar-refractivity contribution < 1.29 is 4.74 Å². The highest BCUT2D eigenvalue weighted by molar-refractivity contribution is 7.15. The molecule has 1 aromatic rings. The fourth-order valence-electron chi connectivity index (χ4n) is 1.02. The van der Waals surface area contributed by atoms with E-state index in [-0.39, 0.29) is 0 Å². The van der Waals surface area contributed by atoms with E-state index in [1.165, 1.54) is 0 Å². The number of methoxy groups -OCH3 is 1. The number of hydrogen-bond donors (Lipinski definition) is 0. The number of anilines is 1. The number of ether oxygens (including phenoxy) is 1. The van der Waals surface area contributed by atoms with Gasteiger partial charge >= 0.3 is 0 Å². The number of rotatable bonds is 4. The van der Waals surface area contributed by atoms with Gasteiger partial charge in [-0.05, 0) is 0 Å². The number of aromatic nitrogens is 1. The molecule has 1 aromatic heterocycles. The molecule has 0 amide bonds. The predicted molar refractivity (Wildman–Crippen MR) is 56.5 cm³/mol. The second kappa shape index (κ2) is 4.94. The van der Waals surface area contributed by atoms with Gasteiger partial charge in [-0.2, -0.15) is 5.26 Å². The van der Waals surface area contributed by atoms with Crippen LogP contribution in [0.15, 0.2) is 0 Å². The van der Waals surface area contributed by atoms with E-state index in [2.05, 4.69) is 11.1 Å². The van der Waals surface area contributed by atoms with Crippen LogP contribution in [0.4, 0.5) is 5.13 Å². The fourth-order valence-corrected chi connectivity index (χ4v) is 1.94. The lowest BCUT2D eigenvalue weighted by Crippen LogP contribution is -2.08. The van der Waals surface area contributed by atoms with Crippen LogP contribution in [-0.2, 0) is 17.8 Å². The standard InChI is InChI=1S/C9H13N3OS/c1-12(2)9-11-7(6-13-3)8(14-9)4-5-10/h4,6H2,1-3H3. The van der Waals surface area contributed by atoms with E-state index in [0.717, 1.165) is 15.7 Å². The lowest BCUT2D eigenvalue weighted by Gasteiger charge is -2.05. The van der Waals surface area contributed by atoms with Crippen molar-refractivity contribution in [2.24, 2.45) is 0 Å². The Hall–Kier alpha value is -1.12. The van der Waals surface area contributed by atoms with Crippen molar-refractivity contribution in [1.29, 1.82) is 5.26 Å². The van der Waals surface area contributed by atoms with Crippen molar-refractivity contribution in [2.45, 2.75) is 13.0 Å². The van der Waals surface area contributed by atoms with E-state index in [1.807, 2.05) is 19.0 Å². The van der Waals surface area contributed by atoms with Gasteiger partial charge < -0.3 is 9.64 Å². The van der Waals surface area contributed by atoms with Gasteiger partial charge in [0, 0.05) is 26.1 Å². The fraction of sp³-hybridized carbons (Fsp3) is 0.556. The Labute approximate surface area is 87.7 Å². The third-order valence-electron chi connectivity index (χ3n) is 1.67. The Bertz CT molecular complexity index is 340. The maximum atomic E-state index is 8.63. The van der Waals surface area contributed by atoms with Crippen molar-refractivity contribution in [3.05, 3.63) is 10.6 Å². The quantitative estimate of drug-likeness (QED) is 0.755. The van der Waals surface area contributed by atoms with Gasteiger partial charge in [0.2, 0.25) is 0 Å². The maximum absolute atomic E-state index is 8.63. The Morgan fingerprint density at radius 3 is 2.79 bits per heavy atom. The van der Waals surface area contributed by atoms with E-state index < -0.39 is 0 Å². The molecule has 0 saturated heterocycles. The highest BCUT2D eigenvalue weighted by Gasteiger charge is 2.11. The van der Waals surface area contributed by atoms with Crippen LogP contribution >= 0.6 is 11.3 Å². The summed E-state index contributed by atoms with van der Waals surface area (Å²) in [5, 5.41) is 9.55. The number of nitrogens with zero attached hydrogens (tertiary/aromatic N) is 3. The molecule has 0 aromatic carbocycles. The van der Waals surface area contributed by atoms with E-state index in [9.17, 15) is 0 Å². The van der Waals surface area contributed by atoms with Gasteiger partial charge in [0.05, 0.1) is 24.8 Å². The van der Waals surface area contributed by atoms with Gasteiger partial charge in [0.25, 0.3) is 0 Å². The summed E-state index contributed by atoms with van der Waals surface area (Å²) in [6, 6.07) is 2.13. The van der Waals surface area contributed by atoms with Crippen LogP contribution in [-0.4, -0.2) is 26.2 Å². The molecule has 0 N–H and O–H groups in total. The van der Waals surface area contributed by atoms with Crippen LogP contribution < -0.4 is 4.90 Å². The summed E-state index contributed by atoms with van der Waals surface area (Å²) < 4.78 is 5.02. The second-order valence-corrected chi connectivity index (χ2v) is 4.09. The Morgan fingerprint density at radius 2 is 2.29 bits per heavy atom. The molecule has 0 bridgehead atoms. The molecule has 76 valence electrons. The molecule has 4 nitrogen and oxygen atoms in total. The van der Waals surface area contributed by atoms with Crippen LogP contribution in [0.5, 0.6) is 0 Å². The zero-order valence-electron chi connectivity index (χ0n) is 8.57. The first-order valence-electron chi connectivity index (χ1n) is 4.20. The summed E-state index contributed by atoms with van der Waals surface area (Å²) in [6.07, 6.45) is 0.407. The topological polar surface area (TPSA) is 49.1 Å². The van der Waals surface area contributed by atoms with Crippen molar-refractivity contribution in [3.63, 3.8) is 0 Å². The number of hydrogen-bond acceptors (Lipinski definition) is 5. The molecular formula is C9H13N3OS. The van der Waals surface area contributed by atoms with E-state index in [0.29, 0.717) is 13.0 Å². The van der Waals surface area contributed by atoms with Crippen molar-refractivity contribution in [1.82, 2.24) is 4.98 Å². The Morgan fingerprint density at radius 1 is 1.57 bits per heavy atom. The summed E-state index contributed by atoms with van der Waals surface area (Å²) in [6.45, 7) is 0.474. The smallest absolute Gasteiger partial charge is 0.185 e. The number of nitriles is 1. The molecule has 1 rings (SSSR count). The average Bonchev–Trinajstić information content (AvgIpc) is 2.50. The molecule has 0 aliphatic carbocycles. The van der Waals surface area contributed by atoms with E-state index in [4.69, 9.17) is 10.00 Å². The molecule has 0 radical (unpaired) electrons. The van der Waals surface area contributed by atoms with Crippen LogP contribution in [0.2, 0.25) is 0 Å². The second-order valence-electron chi connectivity index (χ2n) is 3.03. The third-order valence-corrected chi connectivity index (χ3v) is 2.94. The van der Waals surface area contributed by atoms with Gasteiger partial charge in [0.15, 0.2) is 5.13 Å². The first-order valence-corrected chi connectivity index (χ1v) is 5.02. The summed E-state index contributed by atoms with van der Waals surface area (Å²) >= 11 is 1.54. The van der Waals surface area contributed by atoms with Crippen molar-refractivity contribution in [2.75, 3.05) is 26.1 Å². The normalized spacial score (nSPS) is 9.86. The Balaban J connectivity index is 2.94. The van der Waals surface area contributed by atoms with Gasteiger partial charge in [-0.15, -0.1) is 11.3 Å². The largest absolute Gasteiger partial charge is 0.378 e. The summed E-state index contributed by atoms with van der Waals surface area (Å²) in [5.74, 6) is 0. The van der Waals surface area contributed by atoms with Gasteiger partial charge in [-0.3, -0.25) is 0 Å². The summed E-state index contributed by atoms with van der Waals surface area (Å²) in [7, 11) is 5.50. The van der Waals surface area contributed by atoms with Crippen molar-refractivity contribution in [3.8, 4) is 6.07 Å². The predicted octanol–water partition coefficient (Wildman–Crippen LogP) is 1.42. The third kappa shape index (κ3) is 2.44. The molecular weight excluding hydrogens is 198 g/mol. The molecule has 5 heteroatoms. The molecule has 0 saturated carbocycles. The van der Waals surface area contributed by atoms with E-state index in [1.54, 1.807) is 18.4 Å². The first kappa shape index (κ1) is 11.0. The van der Waals surface area contributed by atoms with Gasteiger partial charge in [-0.1, -0.05) is 0 Å². The summed E-state index contributed by atoms with van der Waals surface area (Å²) in [4.78, 5) is 7.32. The molecule has 0 unspecified atom stereocenters. The molecule has 14 heavy (non-hydrogen) atoms. The SMILES string of the molecule is COCc1nc(N(C)C)sc1CC#N. The lowest BCUT2D eigenvalue weighted by atomic mass is 10.3. The monoisotopic (exact) mass is 211 g/mol. The number of thiazole rings is 1. The average molecular weight is 211 g/mol. The molecule has 0 aliphatic heterocycles. The van der Waals surface area contributed by atoms with Gasteiger partial charge in [-0.25, -0.2) is 4.98 Å². The van der Waals surface area contributed by atoms with Crippen molar-refractivity contribution >= 4 is 16.5 Å². The van der Waals surface area contributed by atoms with Crippen LogP contribution in [0.25, 0.3) is 0 Å². The molecule has 0 aliphatic rings. The molecule has 0 fully saturated rings. The summed E-state index contributed by atoms with van der Waals surface area (Å²) in [5.41, 5.74) is 0.878. The molecule has 0 atom stereocenters. The van der Waals surface area contributed by atoms with Crippen LogP contribution in [0, 0.1) is 11.3 Å². The van der Waals surface area contributed by atoms with Crippen LogP contribution in [0.3, 0.4) is 0 Å². The zero-order valence-corrected chi connectivity index (χ0v) is 9.39. The van der Waals surface area contributed by atoms with Crippen LogP contribution in [0.1, 0.15) is 10.6 Å². The van der Waals surface area contributed by atoms with E-state index >= 15 is 0 Å². The minimum atomic E-state index is 0.407. The maximum Gasteiger partial charge on any atom is 0.185 e. The lowest BCUT2D eigenvalue weighted by molar-refractivity contribution is 0.181.